The van der Waals surface area contributed by atoms with Gasteiger partial charge in [0.25, 0.3) is 0 Å². The lowest BCUT2D eigenvalue weighted by Gasteiger charge is -2.22. The first-order chi connectivity index (χ1) is 13.7. The standard InChI is InChI=1S/C22H27F2N3O/c23-18-4-1-5-20(28-14-16-3-2-9-27-22(16)24)21(18)17-13-19(17)26-12-8-15-6-10-25-11-7-15/h1-5,9,15,17,19,25-26H,6-8,10-14H2/t17-,19-/m1/s1. The van der Waals surface area contributed by atoms with Crippen molar-refractivity contribution in [2.24, 2.45) is 5.92 Å². The van der Waals surface area contributed by atoms with E-state index in [0.29, 0.717) is 16.9 Å². The molecule has 2 aromatic rings. The zero-order chi connectivity index (χ0) is 19.3. The summed E-state index contributed by atoms with van der Waals surface area (Å²) in [6.07, 6.45) is 5.96. The first kappa shape index (κ1) is 19.3. The van der Waals surface area contributed by atoms with Gasteiger partial charge in [-0.3, -0.25) is 0 Å². The molecule has 1 saturated carbocycles. The highest BCUT2D eigenvalue weighted by atomic mass is 19.1. The Kier molecular flexibility index (Phi) is 6.17. The number of halogens is 2. The molecule has 4 nitrogen and oxygen atoms in total. The normalized spacial score (nSPS) is 22.2. The summed E-state index contributed by atoms with van der Waals surface area (Å²) in [5.74, 6) is 0.590. The van der Waals surface area contributed by atoms with Crippen LogP contribution in [0.1, 0.15) is 42.7 Å². The third-order valence-corrected chi connectivity index (χ3v) is 5.81. The van der Waals surface area contributed by atoms with Crippen LogP contribution in [0, 0.1) is 17.7 Å². The Morgan fingerprint density at radius 2 is 2.00 bits per heavy atom. The summed E-state index contributed by atoms with van der Waals surface area (Å²) in [4.78, 5) is 3.63. The van der Waals surface area contributed by atoms with Gasteiger partial charge in [-0.2, -0.15) is 4.39 Å². The van der Waals surface area contributed by atoms with Crippen LogP contribution in [0.4, 0.5) is 8.78 Å². The fourth-order valence-electron chi connectivity index (χ4n) is 4.07. The lowest BCUT2D eigenvalue weighted by atomic mass is 9.95. The predicted octanol–water partition coefficient (Wildman–Crippen LogP) is 3.77. The smallest absolute Gasteiger partial charge is 0.219 e. The van der Waals surface area contributed by atoms with Crippen LogP contribution in [0.3, 0.4) is 0 Å². The Bertz CT molecular complexity index is 795. The van der Waals surface area contributed by atoms with Crippen molar-refractivity contribution in [3.05, 3.63) is 59.4 Å². The van der Waals surface area contributed by atoms with Gasteiger partial charge in [-0.15, -0.1) is 0 Å². The highest BCUT2D eigenvalue weighted by molar-refractivity contribution is 5.42. The van der Waals surface area contributed by atoms with Crippen LogP contribution < -0.4 is 15.4 Å². The minimum absolute atomic E-state index is 0.0384. The van der Waals surface area contributed by atoms with Crippen molar-refractivity contribution in [3.8, 4) is 5.75 Å². The van der Waals surface area contributed by atoms with E-state index in [2.05, 4.69) is 15.6 Å². The van der Waals surface area contributed by atoms with Gasteiger partial charge in [0.1, 0.15) is 18.2 Å². The number of rotatable bonds is 8. The number of hydrogen-bond donors (Lipinski definition) is 2. The molecule has 1 aromatic carbocycles. The summed E-state index contributed by atoms with van der Waals surface area (Å²) in [7, 11) is 0. The Balaban J connectivity index is 1.33. The largest absolute Gasteiger partial charge is 0.488 e. The Morgan fingerprint density at radius 3 is 2.82 bits per heavy atom. The zero-order valence-corrected chi connectivity index (χ0v) is 16.0. The quantitative estimate of drug-likeness (QED) is 0.677. The molecule has 28 heavy (non-hydrogen) atoms. The summed E-state index contributed by atoms with van der Waals surface area (Å²) >= 11 is 0. The van der Waals surface area contributed by atoms with E-state index in [9.17, 15) is 8.78 Å². The van der Waals surface area contributed by atoms with Gasteiger partial charge in [-0.1, -0.05) is 6.07 Å². The molecule has 2 heterocycles. The van der Waals surface area contributed by atoms with E-state index in [1.54, 1.807) is 24.3 Å². The number of hydrogen-bond acceptors (Lipinski definition) is 4. The van der Waals surface area contributed by atoms with Gasteiger partial charge in [-0.25, -0.2) is 9.37 Å². The number of nitrogens with one attached hydrogen (secondary N) is 2. The third-order valence-electron chi connectivity index (χ3n) is 5.81. The predicted molar refractivity (Wildman–Crippen MR) is 104 cm³/mol. The van der Waals surface area contributed by atoms with Crippen LogP contribution in [-0.2, 0) is 6.61 Å². The minimum Gasteiger partial charge on any atom is -0.488 e. The summed E-state index contributed by atoms with van der Waals surface area (Å²) < 4.78 is 34.0. The Labute approximate surface area is 164 Å². The van der Waals surface area contributed by atoms with Gasteiger partial charge >= 0.3 is 0 Å². The third kappa shape index (κ3) is 4.67. The first-order valence-corrected chi connectivity index (χ1v) is 10.2. The van der Waals surface area contributed by atoms with Gasteiger partial charge in [0, 0.05) is 29.3 Å². The molecule has 1 saturated heterocycles. The summed E-state index contributed by atoms with van der Waals surface area (Å²) in [6.45, 7) is 3.24. The summed E-state index contributed by atoms with van der Waals surface area (Å²) in [6, 6.07) is 8.45. The fraction of sp³-hybridized carbons (Fsp3) is 0.500. The molecule has 2 fully saturated rings. The summed E-state index contributed by atoms with van der Waals surface area (Å²) in [5, 5.41) is 6.97. The molecule has 1 aromatic heterocycles. The van der Waals surface area contributed by atoms with E-state index >= 15 is 0 Å². The van der Waals surface area contributed by atoms with Crippen molar-refractivity contribution in [1.29, 1.82) is 0 Å². The number of pyridine rings is 1. The van der Waals surface area contributed by atoms with Gasteiger partial charge in [0.2, 0.25) is 5.95 Å². The average Bonchev–Trinajstić information content (AvgIpc) is 3.47. The van der Waals surface area contributed by atoms with Crippen molar-refractivity contribution in [1.82, 2.24) is 15.6 Å². The van der Waals surface area contributed by atoms with E-state index in [1.165, 1.54) is 31.5 Å². The van der Waals surface area contributed by atoms with Gasteiger partial charge < -0.3 is 15.4 Å². The van der Waals surface area contributed by atoms with Crippen LogP contribution in [0.5, 0.6) is 5.75 Å². The first-order valence-electron chi connectivity index (χ1n) is 10.2. The van der Waals surface area contributed by atoms with Crippen LogP contribution in [0.2, 0.25) is 0 Å². The molecule has 4 rings (SSSR count). The van der Waals surface area contributed by atoms with E-state index in [-0.39, 0.29) is 24.4 Å². The molecule has 1 aliphatic heterocycles. The monoisotopic (exact) mass is 387 g/mol. The molecule has 2 aliphatic rings. The SMILES string of the molecule is Fc1cccc(OCc2cccnc2F)c1[C@@H]1C[C@H]1NCCC1CCNCC1. The highest BCUT2D eigenvalue weighted by Crippen LogP contribution is 2.46. The lowest BCUT2D eigenvalue weighted by molar-refractivity contribution is 0.292. The molecule has 0 spiro atoms. The number of nitrogens with zero attached hydrogens (tertiary/aromatic N) is 1. The topological polar surface area (TPSA) is 46.2 Å². The second-order valence-corrected chi connectivity index (χ2v) is 7.78. The van der Waals surface area contributed by atoms with E-state index in [4.69, 9.17) is 4.74 Å². The Morgan fingerprint density at radius 1 is 1.14 bits per heavy atom. The molecule has 2 N–H and O–H groups in total. The number of ether oxygens (including phenoxy) is 1. The molecule has 0 amide bonds. The second kappa shape index (κ2) is 8.97. The maximum atomic E-state index is 14.5. The molecule has 150 valence electrons. The van der Waals surface area contributed by atoms with Gasteiger partial charge in [0.05, 0.1) is 0 Å². The van der Waals surface area contributed by atoms with Crippen molar-refractivity contribution < 1.29 is 13.5 Å². The fourth-order valence-corrected chi connectivity index (χ4v) is 4.07. The van der Waals surface area contributed by atoms with Crippen LogP contribution >= 0.6 is 0 Å². The van der Waals surface area contributed by atoms with Crippen LogP contribution in [-0.4, -0.2) is 30.7 Å². The maximum absolute atomic E-state index is 14.5. The molecule has 0 bridgehead atoms. The Hall–Kier alpha value is -2.05. The second-order valence-electron chi connectivity index (χ2n) is 7.78. The van der Waals surface area contributed by atoms with Gasteiger partial charge in [0.15, 0.2) is 0 Å². The van der Waals surface area contributed by atoms with Crippen molar-refractivity contribution in [3.63, 3.8) is 0 Å². The lowest BCUT2D eigenvalue weighted by Crippen LogP contribution is -2.30. The van der Waals surface area contributed by atoms with Crippen molar-refractivity contribution in [2.75, 3.05) is 19.6 Å². The van der Waals surface area contributed by atoms with Crippen LogP contribution in [0.25, 0.3) is 0 Å². The minimum atomic E-state index is -0.552. The molecular formula is C22H27F2N3O. The van der Waals surface area contributed by atoms with E-state index in [1.807, 2.05) is 0 Å². The van der Waals surface area contributed by atoms with Crippen LogP contribution in [0.15, 0.2) is 36.5 Å². The number of benzene rings is 1. The highest BCUT2D eigenvalue weighted by Gasteiger charge is 2.41. The summed E-state index contributed by atoms with van der Waals surface area (Å²) in [5.41, 5.74) is 0.969. The average molecular weight is 387 g/mol. The number of aromatic nitrogens is 1. The molecular weight excluding hydrogens is 360 g/mol. The molecule has 0 radical (unpaired) electrons. The van der Waals surface area contributed by atoms with Crippen molar-refractivity contribution >= 4 is 0 Å². The van der Waals surface area contributed by atoms with Gasteiger partial charge in [-0.05, 0) is 75.5 Å². The molecule has 1 aliphatic carbocycles. The molecule has 2 atom stereocenters. The van der Waals surface area contributed by atoms with E-state index < -0.39 is 5.95 Å². The molecule has 0 unspecified atom stereocenters. The van der Waals surface area contributed by atoms with Crippen molar-refractivity contribution in [2.45, 2.75) is 44.2 Å². The van der Waals surface area contributed by atoms with E-state index in [0.717, 1.165) is 32.0 Å². The molecule has 6 heteroatoms. The number of piperidine rings is 1. The maximum Gasteiger partial charge on any atom is 0.219 e. The zero-order valence-electron chi connectivity index (χ0n) is 16.0.